The number of hydrogen-bond acceptors (Lipinski definition) is 8. The Hall–Kier alpha value is 0.548. The SMILES string of the molecule is CCC(C)[Si]1(OC)O[SiH](OC)O[SiH](OC)O[SiH](OC)O1. The molecule has 3 unspecified atom stereocenters. The van der Waals surface area contributed by atoms with Crippen LogP contribution in [0.3, 0.4) is 0 Å². The van der Waals surface area contributed by atoms with Crippen LogP contribution < -0.4 is 0 Å². The van der Waals surface area contributed by atoms with Gasteiger partial charge < -0.3 is 34.2 Å². The van der Waals surface area contributed by atoms with E-state index in [0.717, 1.165) is 6.42 Å². The van der Waals surface area contributed by atoms with Gasteiger partial charge >= 0.3 is 37.4 Å². The Labute approximate surface area is 126 Å². The lowest BCUT2D eigenvalue weighted by Crippen LogP contribution is -2.61. The molecular weight excluding hydrogens is 336 g/mol. The molecule has 0 radical (unpaired) electrons. The molecule has 0 aromatic rings. The summed E-state index contributed by atoms with van der Waals surface area (Å²) >= 11 is 0. The van der Waals surface area contributed by atoms with Crippen LogP contribution >= 0.6 is 0 Å². The quantitative estimate of drug-likeness (QED) is 0.589. The molecule has 1 rings (SSSR count). The van der Waals surface area contributed by atoms with E-state index in [1.54, 1.807) is 7.11 Å². The van der Waals surface area contributed by atoms with Crippen molar-refractivity contribution in [3.8, 4) is 0 Å². The fourth-order valence-electron chi connectivity index (χ4n) is 1.66. The molecule has 0 saturated carbocycles. The Morgan fingerprint density at radius 2 is 1.35 bits per heavy atom. The zero-order chi connectivity index (χ0) is 15.2. The highest BCUT2D eigenvalue weighted by Crippen LogP contribution is 2.31. The molecule has 0 amide bonds. The summed E-state index contributed by atoms with van der Waals surface area (Å²) in [5.41, 5.74) is 0.0933. The van der Waals surface area contributed by atoms with Gasteiger partial charge in [0.15, 0.2) is 0 Å². The summed E-state index contributed by atoms with van der Waals surface area (Å²) in [6.07, 6.45) is 0.848. The first-order valence-corrected chi connectivity index (χ1v) is 12.4. The smallest absolute Gasteiger partial charge is 0.380 e. The lowest BCUT2D eigenvalue weighted by molar-refractivity contribution is 0.0741. The Bertz CT molecular complexity index is 269. The molecule has 0 aromatic heterocycles. The topological polar surface area (TPSA) is 73.8 Å². The normalized spacial score (nSPS) is 37.2. The van der Waals surface area contributed by atoms with Crippen LogP contribution in [0.1, 0.15) is 20.3 Å². The molecule has 120 valence electrons. The molecule has 1 aliphatic heterocycles. The maximum atomic E-state index is 6.01. The fraction of sp³-hybridized carbons (Fsp3) is 1.00. The van der Waals surface area contributed by atoms with E-state index in [1.165, 1.54) is 21.3 Å². The van der Waals surface area contributed by atoms with Gasteiger partial charge in [-0.2, -0.15) is 0 Å². The maximum absolute atomic E-state index is 6.01. The predicted octanol–water partition coefficient (Wildman–Crippen LogP) is -0.457. The van der Waals surface area contributed by atoms with Crippen molar-refractivity contribution < 1.29 is 34.2 Å². The average molecular weight is 361 g/mol. The summed E-state index contributed by atoms with van der Waals surface area (Å²) in [4.78, 5) is 0. The van der Waals surface area contributed by atoms with Crippen molar-refractivity contribution in [3.63, 3.8) is 0 Å². The van der Waals surface area contributed by atoms with Crippen molar-refractivity contribution in [2.45, 2.75) is 25.8 Å². The summed E-state index contributed by atoms with van der Waals surface area (Å²) in [7, 11) is -3.97. The van der Waals surface area contributed by atoms with E-state index >= 15 is 0 Å². The second-order valence-electron chi connectivity index (χ2n) is 4.20. The van der Waals surface area contributed by atoms with Crippen molar-refractivity contribution in [2.75, 3.05) is 28.4 Å². The summed E-state index contributed by atoms with van der Waals surface area (Å²) in [6, 6.07) is 0. The average Bonchev–Trinajstić information content (AvgIpc) is 2.47. The molecule has 1 fully saturated rings. The second kappa shape index (κ2) is 8.86. The first-order valence-electron chi connectivity index (χ1n) is 6.35. The molecule has 1 aliphatic rings. The monoisotopic (exact) mass is 360 g/mol. The van der Waals surface area contributed by atoms with Crippen LogP contribution in [0.4, 0.5) is 0 Å². The standard InChI is InChI=1S/C8H24O8Si4/c1-7-8(2)20(12-6)15-18(10-4)13-17(9-3)14-19(11-5)16-20/h8,17-19H,7H2,1-6H3. The Morgan fingerprint density at radius 1 is 0.900 bits per heavy atom. The van der Waals surface area contributed by atoms with Crippen LogP contribution in [0.15, 0.2) is 0 Å². The third kappa shape index (κ3) is 4.52. The minimum atomic E-state index is -2.96. The lowest BCUT2D eigenvalue weighted by Gasteiger charge is -2.39. The van der Waals surface area contributed by atoms with Gasteiger partial charge in [0.1, 0.15) is 0 Å². The Balaban J connectivity index is 2.98. The largest absolute Gasteiger partial charge is 0.488 e. The van der Waals surface area contributed by atoms with Gasteiger partial charge in [-0.15, -0.1) is 0 Å². The van der Waals surface area contributed by atoms with Crippen molar-refractivity contribution in [1.29, 1.82) is 0 Å². The molecule has 3 atom stereocenters. The molecule has 0 spiro atoms. The summed E-state index contributed by atoms with van der Waals surface area (Å²) < 4.78 is 44.8. The molecule has 1 heterocycles. The first-order chi connectivity index (χ1) is 9.54. The summed E-state index contributed by atoms with van der Waals surface area (Å²) in [5.74, 6) is 0. The van der Waals surface area contributed by atoms with Gasteiger partial charge in [0.25, 0.3) is 0 Å². The predicted molar refractivity (Wildman–Crippen MR) is 79.3 cm³/mol. The molecule has 0 aromatic carbocycles. The molecule has 0 aliphatic carbocycles. The molecule has 8 nitrogen and oxygen atoms in total. The highest BCUT2D eigenvalue weighted by atomic mass is 28.5. The van der Waals surface area contributed by atoms with Gasteiger partial charge in [-0.1, -0.05) is 13.8 Å². The van der Waals surface area contributed by atoms with Gasteiger partial charge in [0.2, 0.25) is 0 Å². The third-order valence-electron chi connectivity index (χ3n) is 3.04. The van der Waals surface area contributed by atoms with Crippen LogP contribution in [-0.4, -0.2) is 65.8 Å². The third-order valence-corrected chi connectivity index (χ3v) is 14.1. The van der Waals surface area contributed by atoms with Crippen LogP contribution in [0, 0.1) is 0 Å². The molecule has 0 bridgehead atoms. The highest BCUT2D eigenvalue weighted by molar-refractivity contribution is 6.76. The zero-order valence-corrected chi connectivity index (χ0v) is 17.2. The lowest BCUT2D eigenvalue weighted by atomic mass is 10.4. The van der Waals surface area contributed by atoms with Gasteiger partial charge in [0, 0.05) is 34.0 Å². The van der Waals surface area contributed by atoms with E-state index in [9.17, 15) is 0 Å². The minimum Gasteiger partial charge on any atom is -0.380 e. The molecular formula is C8H24O8Si4. The Morgan fingerprint density at radius 3 is 1.65 bits per heavy atom. The van der Waals surface area contributed by atoms with Crippen LogP contribution in [0.2, 0.25) is 5.54 Å². The molecule has 20 heavy (non-hydrogen) atoms. The zero-order valence-electron chi connectivity index (χ0n) is 12.8. The van der Waals surface area contributed by atoms with Gasteiger partial charge in [-0.25, -0.2) is 0 Å². The molecule has 12 heteroatoms. The van der Waals surface area contributed by atoms with E-state index in [4.69, 9.17) is 34.2 Å². The molecule has 0 N–H and O–H groups in total. The summed E-state index contributed by atoms with van der Waals surface area (Å²) in [6.45, 7) is 4.07. The van der Waals surface area contributed by atoms with Crippen molar-refractivity contribution in [3.05, 3.63) is 0 Å². The fourth-order valence-corrected chi connectivity index (χ4v) is 14.3. The van der Waals surface area contributed by atoms with Gasteiger partial charge in [-0.05, 0) is 6.42 Å². The van der Waals surface area contributed by atoms with Crippen molar-refractivity contribution in [1.82, 2.24) is 0 Å². The Kier molecular flexibility index (Phi) is 8.24. The van der Waals surface area contributed by atoms with Crippen molar-refractivity contribution >= 4 is 37.4 Å². The van der Waals surface area contributed by atoms with E-state index in [2.05, 4.69) is 0 Å². The number of hydrogen-bond donors (Lipinski definition) is 0. The van der Waals surface area contributed by atoms with Crippen molar-refractivity contribution in [2.24, 2.45) is 0 Å². The van der Waals surface area contributed by atoms with E-state index in [1.807, 2.05) is 13.8 Å². The van der Waals surface area contributed by atoms with E-state index in [0.29, 0.717) is 0 Å². The van der Waals surface area contributed by atoms with Gasteiger partial charge in [0.05, 0.1) is 0 Å². The van der Waals surface area contributed by atoms with Crippen LogP contribution in [0.5, 0.6) is 0 Å². The van der Waals surface area contributed by atoms with Gasteiger partial charge in [-0.3, -0.25) is 0 Å². The summed E-state index contributed by atoms with van der Waals surface area (Å²) in [5, 5.41) is 0. The first kappa shape index (κ1) is 18.6. The minimum absolute atomic E-state index is 0.0933. The van der Waals surface area contributed by atoms with Crippen LogP contribution in [-0.2, 0) is 34.2 Å². The maximum Gasteiger partial charge on any atom is 0.488 e. The molecule has 1 saturated heterocycles. The highest BCUT2D eigenvalue weighted by Gasteiger charge is 2.53. The second-order valence-corrected chi connectivity index (χ2v) is 14.0. The number of rotatable bonds is 6. The van der Waals surface area contributed by atoms with E-state index < -0.39 is 37.4 Å². The van der Waals surface area contributed by atoms with E-state index in [-0.39, 0.29) is 5.54 Å². The van der Waals surface area contributed by atoms with Crippen LogP contribution in [0.25, 0.3) is 0 Å².